The minimum absolute atomic E-state index is 0.201. The molecule has 3 aromatic rings. The minimum atomic E-state index is -0.311. The third kappa shape index (κ3) is 6.49. The summed E-state index contributed by atoms with van der Waals surface area (Å²) in [6, 6.07) is 23.6. The van der Waals surface area contributed by atoms with Crippen LogP contribution in [0.3, 0.4) is 0 Å². The Morgan fingerprint density at radius 2 is 1.47 bits per heavy atom. The number of rotatable bonds is 8. The Bertz CT molecular complexity index is 978. The molecule has 3 rings (SSSR count). The third-order valence-electron chi connectivity index (χ3n) is 4.04. The predicted octanol–water partition coefficient (Wildman–Crippen LogP) is 4.28. The van der Waals surface area contributed by atoms with Crippen LogP contribution in [0, 0.1) is 0 Å². The zero-order valence-electron chi connectivity index (χ0n) is 16.5. The highest BCUT2D eigenvalue weighted by atomic mass is 32.1. The molecular formula is C23H22N2O4S. The quantitative estimate of drug-likeness (QED) is 0.417. The summed E-state index contributed by atoms with van der Waals surface area (Å²) in [5.74, 6) is 1.83. The first kappa shape index (κ1) is 21.1. The highest BCUT2D eigenvalue weighted by Gasteiger charge is 2.09. The number of hydrogen-bond donors (Lipinski definition) is 2. The average Bonchev–Trinajstić information content (AvgIpc) is 2.78. The molecule has 0 heterocycles. The van der Waals surface area contributed by atoms with Gasteiger partial charge in [0.25, 0.3) is 5.91 Å². The summed E-state index contributed by atoms with van der Waals surface area (Å²) in [7, 11) is 1.59. The molecule has 7 heteroatoms. The maximum atomic E-state index is 12.4. The molecule has 0 saturated carbocycles. The van der Waals surface area contributed by atoms with Crippen LogP contribution in [-0.4, -0.2) is 31.3 Å². The monoisotopic (exact) mass is 422 g/mol. The van der Waals surface area contributed by atoms with Gasteiger partial charge in [-0.25, -0.2) is 0 Å². The van der Waals surface area contributed by atoms with Crippen molar-refractivity contribution >= 4 is 28.9 Å². The van der Waals surface area contributed by atoms with Gasteiger partial charge in [0, 0.05) is 17.3 Å². The summed E-state index contributed by atoms with van der Waals surface area (Å²) in [4.78, 5) is 12.4. The van der Waals surface area contributed by atoms with Crippen molar-refractivity contribution in [1.29, 1.82) is 0 Å². The largest absolute Gasteiger partial charge is 0.497 e. The molecular weight excluding hydrogens is 400 g/mol. The summed E-state index contributed by atoms with van der Waals surface area (Å²) >= 11 is 5.21. The van der Waals surface area contributed by atoms with Gasteiger partial charge < -0.3 is 19.5 Å². The Morgan fingerprint density at radius 3 is 2.13 bits per heavy atom. The zero-order chi connectivity index (χ0) is 21.2. The van der Waals surface area contributed by atoms with Crippen molar-refractivity contribution < 1.29 is 19.0 Å². The molecule has 0 aliphatic carbocycles. The van der Waals surface area contributed by atoms with Gasteiger partial charge in [-0.3, -0.25) is 10.1 Å². The molecule has 0 aliphatic heterocycles. The van der Waals surface area contributed by atoms with Crippen molar-refractivity contribution in [2.75, 3.05) is 25.6 Å². The van der Waals surface area contributed by atoms with Crippen LogP contribution in [0.25, 0.3) is 0 Å². The fourth-order valence-corrected chi connectivity index (χ4v) is 2.79. The van der Waals surface area contributed by atoms with Gasteiger partial charge in [0.05, 0.1) is 7.11 Å². The van der Waals surface area contributed by atoms with Crippen LogP contribution >= 0.6 is 12.2 Å². The van der Waals surface area contributed by atoms with Crippen molar-refractivity contribution in [3.63, 3.8) is 0 Å². The summed E-state index contributed by atoms with van der Waals surface area (Å²) < 4.78 is 16.4. The Hall–Kier alpha value is -3.58. The molecule has 0 unspecified atom stereocenters. The summed E-state index contributed by atoms with van der Waals surface area (Å²) in [6.07, 6.45) is 0. The van der Waals surface area contributed by atoms with E-state index in [1.807, 2.05) is 48.5 Å². The molecule has 0 saturated heterocycles. The molecule has 6 nitrogen and oxygen atoms in total. The van der Waals surface area contributed by atoms with E-state index in [1.54, 1.807) is 37.4 Å². The molecule has 0 atom stereocenters. The van der Waals surface area contributed by atoms with E-state index in [2.05, 4.69) is 10.6 Å². The smallest absolute Gasteiger partial charge is 0.257 e. The van der Waals surface area contributed by atoms with Gasteiger partial charge in [0.2, 0.25) is 0 Å². The standard InChI is InChI=1S/C23H22N2O4S/c1-27-21-9-5-6-18(16-21)24-23(30)25-22(26)17-10-12-20(13-11-17)29-15-14-28-19-7-3-2-4-8-19/h2-13,16H,14-15H2,1H3,(H2,24,25,26,30). The first-order valence-electron chi connectivity index (χ1n) is 9.31. The Balaban J connectivity index is 1.44. The molecule has 0 aromatic heterocycles. The lowest BCUT2D eigenvalue weighted by molar-refractivity contribution is 0.0977. The third-order valence-corrected chi connectivity index (χ3v) is 4.24. The Labute approximate surface area is 180 Å². The first-order chi connectivity index (χ1) is 14.6. The second-order valence-electron chi connectivity index (χ2n) is 6.17. The van der Waals surface area contributed by atoms with Gasteiger partial charge >= 0.3 is 0 Å². The molecule has 1 amide bonds. The maximum absolute atomic E-state index is 12.4. The molecule has 0 spiro atoms. The molecule has 154 valence electrons. The Morgan fingerprint density at radius 1 is 0.833 bits per heavy atom. The number of anilines is 1. The van der Waals surface area contributed by atoms with Gasteiger partial charge in [-0.1, -0.05) is 24.3 Å². The van der Waals surface area contributed by atoms with Crippen molar-refractivity contribution in [2.24, 2.45) is 0 Å². The van der Waals surface area contributed by atoms with E-state index in [1.165, 1.54) is 0 Å². The number of methoxy groups -OCH3 is 1. The number of amides is 1. The van der Waals surface area contributed by atoms with E-state index in [0.29, 0.717) is 30.3 Å². The van der Waals surface area contributed by atoms with E-state index >= 15 is 0 Å². The van der Waals surface area contributed by atoms with Crippen LogP contribution in [0.15, 0.2) is 78.9 Å². The van der Waals surface area contributed by atoms with Crippen molar-refractivity contribution in [1.82, 2.24) is 5.32 Å². The predicted molar refractivity (Wildman–Crippen MR) is 121 cm³/mol. The van der Waals surface area contributed by atoms with E-state index in [0.717, 1.165) is 11.4 Å². The van der Waals surface area contributed by atoms with Gasteiger partial charge in [-0.2, -0.15) is 0 Å². The fraction of sp³-hybridized carbons (Fsp3) is 0.130. The molecule has 0 fully saturated rings. The first-order valence-corrected chi connectivity index (χ1v) is 9.72. The van der Waals surface area contributed by atoms with Gasteiger partial charge in [-0.05, 0) is 60.7 Å². The van der Waals surface area contributed by atoms with Crippen LogP contribution in [0.4, 0.5) is 5.69 Å². The number of hydrogen-bond acceptors (Lipinski definition) is 5. The molecule has 0 aliphatic rings. The number of para-hydroxylation sites is 1. The van der Waals surface area contributed by atoms with Crippen LogP contribution < -0.4 is 24.8 Å². The molecule has 0 radical (unpaired) electrons. The summed E-state index contributed by atoms with van der Waals surface area (Å²) in [5, 5.41) is 5.81. The lowest BCUT2D eigenvalue weighted by atomic mass is 10.2. The lowest BCUT2D eigenvalue weighted by Crippen LogP contribution is -2.34. The maximum Gasteiger partial charge on any atom is 0.257 e. The Kier molecular flexibility index (Phi) is 7.63. The topological polar surface area (TPSA) is 68.8 Å². The van der Waals surface area contributed by atoms with E-state index < -0.39 is 0 Å². The molecule has 3 aromatic carbocycles. The van der Waals surface area contributed by atoms with Crippen LogP contribution in [0.2, 0.25) is 0 Å². The number of ether oxygens (including phenoxy) is 3. The highest BCUT2D eigenvalue weighted by Crippen LogP contribution is 2.17. The van der Waals surface area contributed by atoms with E-state index in [-0.39, 0.29) is 11.0 Å². The normalized spacial score (nSPS) is 10.0. The van der Waals surface area contributed by atoms with Crippen LogP contribution in [0.1, 0.15) is 10.4 Å². The van der Waals surface area contributed by atoms with E-state index in [9.17, 15) is 4.79 Å². The minimum Gasteiger partial charge on any atom is -0.497 e. The van der Waals surface area contributed by atoms with Crippen LogP contribution in [0.5, 0.6) is 17.2 Å². The number of nitrogens with one attached hydrogen (secondary N) is 2. The van der Waals surface area contributed by atoms with Gasteiger partial charge in [0.1, 0.15) is 30.5 Å². The number of thiocarbonyl (C=S) groups is 1. The van der Waals surface area contributed by atoms with Crippen molar-refractivity contribution in [2.45, 2.75) is 0 Å². The SMILES string of the molecule is COc1cccc(NC(=S)NC(=O)c2ccc(OCCOc3ccccc3)cc2)c1. The lowest BCUT2D eigenvalue weighted by Gasteiger charge is -2.11. The number of carbonyl (C=O) groups is 1. The van der Waals surface area contributed by atoms with Gasteiger partial charge in [0.15, 0.2) is 5.11 Å². The zero-order valence-corrected chi connectivity index (χ0v) is 17.3. The van der Waals surface area contributed by atoms with Gasteiger partial charge in [-0.15, -0.1) is 0 Å². The second kappa shape index (κ2) is 10.8. The summed E-state index contributed by atoms with van der Waals surface area (Å²) in [5.41, 5.74) is 1.19. The number of benzene rings is 3. The summed E-state index contributed by atoms with van der Waals surface area (Å²) in [6.45, 7) is 0.825. The highest BCUT2D eigenvalue weighted by molar-refractivity contribution is 7.80. The van der Waals surface area contributed by atoms with Crippen molar-refractivity contribution in [3.05, 3.63) is 84.4 Å². The van der Waals surface area contributed by atoms with Crippen LogP contribution in [-0.2, 0) is 0 Å². The number of carbonyl (C=O) groups excluding carboxylic acids is 1. The molecule has 30 heavy (non-hydrogen) atoms. The molecule has 0 bridgehead atoms. The van der Waals surface area contributed by atoms with Crippen molar-refractivity contribution in [3.8, 4) is 17.2 Å². The second-order valence-corrected chi connectivity index (χ2v) is 6.58. The fourth-order valence-electron chi connectivity index (χ4n) is 2.58. The van der Waals surface area contributed by atoms with E-state index in [4.69, 9.17) is 26.4 Å². The average molecular weight is 423 g/mol. The molecule has 2 N–H and O–H groups in total.